The number of rotatable bonds is 5. The number of halogens is 2. The maximum absolute atomic E-state index is 13.0. The van der Waals surface area contributed by atoms with Crippen molar-refractivity contribution in [1.29, 1.82) is 0 Å². The van der Waals surface area contributed by atoms with Crippen molar-refractivity contribution in [3.05, 3.63) is 82.0 Å². The van der Waals surface area contributed by atoms with Crippen LogP contribution in [-0.4, -0.2) is 15.9 Å². The first-order chi connectivity index (χ1) is 12.9. The average Bonchev–Trinajstić information content (AvgIpc) is 2.64. The van der Waals surface area contributed by atoms with E-state index in [1.165, 1.54) is 12.1 Å². The van der Waals surface area contributed by atoms with Gasteiger partial charge in [-0.25, -0.2) is 14.4 Å². The van der Waals surface area contributed by atoms with E-state index in [9.17, 15) is 9.18 Å². The van der Waals surface area contributed by atoms with Crippen LogP contribution in [0.1, 0.15) is 27.4 Å². The minimum absolute atomic E-state index is 0.237. The van der Waals surface area contributed by atoms with Crippen LogP contribution in [-0.2, 0) is 6.54 Å². The van der Waals surface area contributed by atoms with Crippen molar-refractivity contribution >= 4 is 29.0 Å². The lowest BCUT2D eigenvalue weighted by atomic mass is 10.2. The average molecular weight is 385 g/mol. The fraction of sp³-hybridized carbons (Fsp3) is 0.150. The molecule has 138 valence electrons. The summed E-state index contributed by atoms with van der Waals surface area (Å²) in [5.74, 6) is 0.335. The van der Waals surface area contributed by atoms with Gasteiger partial charge in [-0.3, -0.25) is 4.79 Å². The highest BCUT2D eigenvalue weighted by molar-refractivity contribution is 6.31. The molecule has 0 saturated carbocycles. The van der Waals surface area contributed by atoms with Crippen LogP contribution < -0.4 is 10.6 Å². The molecule has 0 atom stereocenters. The van der Waals surface area contributed by atoms with Crippen LogP contribution in [0.3, 0.4) is 0 Å². The number of hydrogen-bond acceptors (Lipinski definition) is 4. The van der Waals surface area contributed by atoms with Crippen LogP contribution >= 0.6 is 11.6 Å². The first-order valence-corrected chi connectivity index (χ1v) is 8.70. The smallest absolute Gasteiger partial charge is 0.274 e. The van der Waals surface area contributed by atoms with Crippen LogP contribution in [0, 0.1) is 19.7 Å². The topological polar surface area (TPSA) is 66.9 Å². The van der Waals surface area contributed by atoms with Crippen molar-refractivity contribution in [2.45, 2.75) is 20.4 Å². The summed E-state index contributed by atoms with van der Waals surface area (Å²) >= 11 is 6.09. The number of nitrogens with zero attached hydrogens (tertiary/aromatic N) is 2. The van der Waals surface area contributed by atoms with Crippen molar-refractivity contribution in [1.82, 2.24) is 9.97 Å². The van der Waals surface area contributed by atoms with Gasteiger partial charge in [-0.15, -0.1) is 0 Å². The third-order valence-corrected chi connectivity index (χ3v) is 4.29. The van der Waals surface area contributed by atoms with Crippen LogP contribution in [0.5, 0.6) is 0 Å². The molecule has 1 heterocycles. The third-order valence-electron chi connectivity index (χ3n) is 3.89. The van der Waals surface area contributed by atoms with E-state index in [0.29, 0.717) is 28.9 Å². The van der Waals surface area contributed by atoms with E-state index in [-0.39, 0.29) is 17.4 Å². The Kier molecular flexibility index (Phi) is 5.66. The molecule has 0 unspecified atom stereocenters. The lowest BCUT2D eigenvalue weighted by Crippen LogP contribution is -2.16. The Balaban J connectivity index is 1.72. The van der Waals surface area contributed by atoms with Gasteiger partial charge in [0.05, 0.1) is 0 Å². The molecule has 0 bridgehead atoms. The third kappa shape index (κ3) is 5.01. The monoisotopic (exact) mass is 384 g/mol. The Hall–Kier alpha value is -2.99. The SMILES string of the molecule is Cc1nc(NCc2ccc(F)cc2)cc(C(=O)Nc2ccc(C)c(Cl)c2)n1. The molecule has 2 N–H and O–H groups in total. The molecular weight excluding hydrogens is 367 g/mol. The second-order valence-corrected chi connectivity index (χ2v) is 6.49. The summed E-state index contributed by atoms with van der Waals surface area (Å²) in [5.41, 5.74) is 2.65. The van der Waals surface area contributed by atoms with E-state index in [2.05, 4.69) is 20.6 Å². The minimum Gasteiger partial charge on any atom is -0.366 e. The molecule has 1 amide bonds. The zero-order chi connectivity index (χ0) is 19.4. The van der Waals surface area contributed by atoms with Crippen molar-refractivity contribution in [3.63, 3.8) is 0 Å². The van der Waals surface area contributed by atoms with E-state index in [4.69, 9.17) is 11.6 Å². The maximum atomic E-state index is 13.0. The molecular formula is C20H18ClFN4O. The van der Waals surface area contributed by atoms with E-state index >= 15 is 0 Å². The molecule has 7 heteroatoms. The number of amides is 1. The van der Waals surface area contributed by atoms with Gasteiger partial charge in [0.2, 0.25) is 0 Å². The normalized spacial score (nSPS) is 10.5. The predicted octanol–water partition coefficient (Wildman–Crippen LogP) is 4.75. The number of anilines is 2. The molecule has 0 aliphatic heterocycles. The summed E-state index contributed by atoms with van der Waals surface area (Å²) in [7, 11) is 0. The van der Waals surface area contributed by atoms with Gasteiger partial charge in [-0.2, -0.15) is 0 Å². The summed E-state index contributed by atoms with van der Waals surface area (Å²) in [6.07, 6.45) is 0. The summed E-state index contributed by atoms with van der Waals surface area (Å²) in [4.78, 5) is 21.0. The Morgan fingerprint density at radius 2 is 1.81 bits per heavy atom. The van der Waals surface area contributed by atoms with E-state index in [1.807, 2.05) is 13.0 Å². The molecule has 0 fully saturated rings. The largest absolute Gasteiger partial charge is 0.366 e. The van der Waals surface area contributed by atoms with Crippen LogP contribution in [0.4, 0.5) is 15.9 Å². The number of hydrogen-bond donors (Lipinski definition) is 2. The zero-order valence-electron chi connectivity index (χ0n) is 14.9. The highest BCUT2D eigenvalue weighted by Crippen LogP contribution is 2.20. The highest BCUT2D eigenvalue weighted by Gasteiger charge is 2.11. The van der Waals surface area contributed by atoms with Crippen molar-refractivity contribution < 1.29 is 9.18 Å². The van der Waals surface area contributed by atoms with Crippen molar-refractivity contribution in [3.8, 4) is 0 Å². The van der Waals surface area contributed by atoms with Crippen LogP contribution in [0.25, 0.3) is 0 Å². The number of aromatic nitrogens is 2. The van der Waals surface area contributed by atoms with E-state index in [0.717, 1.165) is 11.1 Å². The van der Waals surface area contributed by atoms with Gasteiger partial charge >= 0.3 is 0 Å². The second-order valence-electron chi connectivity index (χ2n) is 6.08. The van der Waals surface area contributed by atoms with Gasteiger partial charge in [-0.05, 0) is 49.2 Å². The lowest BCUT2D eigenvalue weighted by Gasteiger charge is -2.10. The molecule has 0 saturated heterocycles. The molecule has 0 radical (unpaired) electrons. The molecule has 0 aliphatic rings. The first-order valence-electron chi connectivity index (χ1n) is 8.32. The Labute approximate surface area is 161 Å². The second kappa shape index (κ2) is 8.14. The number of aryl methyl sites for hydroxylation is 2. The highest BCUT2D eigenvalue weighted by atomic mass is 35.5. The van der Waals surface area contributed by atoms with Gasteiger partial charge in [0.15, 0.2) is 0 Å². The Bertz CT molecular complexity index is 976. The Morgan fingerprint density at radius 1 is 1.07 bits per heavy atom. The maximum Gasteiger partial charge on any atom is 0.274 e. The molecule has 1 aromatic heterocycles. The quantitative estimate of drug-likeness (QED) is 0.666. The molecule has 0 spiro atoms. The van der Waals surface area contributed by atoms with Gasteiger partial charge in [0, 0.05) is 23.3 Å². The fourth-order valence-electron chi connectivity index (χ4n) is 2.44. The Morgan fingerprint density at radius 3 is 2.52 bits per heavy atom. The number of benzene rings is 2. The van der Waals surface area contributed by atoms with Crippen LogP contribution in [0.15, 0.2) is 48.5 Å². The first kappa shape index (κ1) is 18.8. The number of carbonyl (C=O) groups excluding carboxylic acids is 1. The van der Waals surface area contributed by atoms with Gasteiger partial charge < -0.3 is 10.6 Å². The van der Waals surface area contributed by atoms with E-state index < -0.39 is 0 Å². The predicted molar refractivity (Wildman–Crippen MR) is 105 cm³/mol. The molecule has 3 aromatic rings. The lowest BCUT2D eigenvalue weighted by molar-refractivity contribution is 0.102. The number of carbonyl (C=O) groups is 1. The summed E-state index contributed by atoms with van der Waals surface area (Å²) < 4.78 is 13.0. The van der Waals surface area contributed by atoms with Gasteiger partial charge in [0.1, 0.15) is 23.2 Å². The fourth-order valence-corrected chi connectivity index (χ4v) is 2.62. The molecule has 2 aromatic carbocycles. The number of nitrogens with one attached hydrogen (secondary N) is 2. The molecule has 27 heavy (non-hydrogen) atoms. The van der Waals surface area contributed by atoms with Gasteiger partial charge in [0.25, 0.3) is 5.91 Å². The van der Waals surface area contributed by atoms with Gasteiger partial charge in [-0.1, -0.05) is 29.8 Å². The summed E-state index contributed by atoms with van der Waals surface area (Å²) in [6, 6.07) is 13.0. The molecule has 3 rings (SSSR count). The zero-order valence-corrected chi connectivity index (χ0v) is 15.6. The van der Waals surface area contributed by atoms with Crippen LogP contribution in [0.2, 0.25) is 5.02 Å². The summed E-state index contributed by atoms with van der Waals surface area (Å²) in [5, 5.41) is 6.48. The minimum atomic E-state index is -0.356. The van der Waals surface area contributed by atoms with E-state index in [1.54, 1.807) is 37.3 Å². The standard InChI is InChI=1S/C20H18ClFN4O/c1-12-3-8-16(9-17(12)21)26-20(27)18-10-19(25-13(2)24-18)23-11-14-4-6-15(22)7-5-14/h3-10H,11H2,1-2H3,(H,26,27)(H,23,24,25). The molecule has 5 nitrogen and oxygen atoms in total. The van der Waals surface area contributed by atoms with Crippen molar-refractivity contribution in [2.75, 3.05) is 10.6 Å². The summed E-state index contributed by atoms with van der Waals surface area (Å²) in [6.45, 7) is 4.05. The molecule has 0 aliphatic carbocycles. The van der Waals surface area contributed by atoms with Crippen molar-refractivity contribution in [2.24, 2.45) is 0 Å².